The number of hydrazine groups is 1. The van der Waals surface area contributed by atoms with E-state index in [1.54, 1.807) is 0 Å². The van der Waals surface area contributed by atoms with E-state index in [1.807, 2.05) is 0 Å². The number of nitrogens with one attached hydrogen (secondary N) is 1. The molecule has 0 aliphatic carbocycles. The molecule has 0 aliphatic heterocycles. The van der Waals surface area contributed by atoms with E-state index in [2.05, 4.69) is 26.2 Å². The molecule has 0 heterocycles. The molecule has 16 heavy (non-hydrogen) atoms. The fourth-order valence-electron chi connectivity index (χ4n) is 1.28. The summed E-state index contributed by atoms with van der Waals surface area (Å²) in [6.45, 7) is 6.61. The van der Waals surface area contributed by atoms with Crippen molar-refractivity contribution in [2.75, 3.05) is 0 Å². The molecule has 0 bridgehead atoms. The highest BCUT2D eigenvalue weighted by Crippen LogP contribution is 2.11. The zero-order valence-electron chi connectivity index (χ0n) is 10.1. The quantitative estimate of drug-likeness (QED) is 0.318. The van der Waals surface area contributed by atoms with Crippen LogP contribution in [0.2, 0.25) is 0 Å². The molecule has 0 amide bonds. The second-order valence-electron chi connectivity index (χ2n) is 3.81. The van der Waals surface area contributed by atoms with Crippen molar-refractivity contribution in [3.63, 3.8) is 0 Å². The van der Waals surface area contributed by atoms with Gasteiger partial charge in [0, 0.05) is 6.04 Å². The Morgan fingerprint density at radius 1 is 1.25 bits per heavy atom. The van der Waals surface area contributed by atoms with Crippen molar-refractivity contribution < 1.29 is 19.8 Å². The van der Waals surface area contributed by atoms with E-state index in [1.165, 1.54) is 19.3 Å². The SMILES string of the molecule is CCCC(C)CC(C)NN.O=C(O)C(=O)O. The van der Waals surface area contributed by atoms with Crippen LogP contribution in [0.25, 0.3) is 0 Å². The predicted octanol–water partition coefficient (Wildman–Crippen LogP) is 0.820. The standard InChI is InChI=1S/C8H20N2.C2H2O4/c1-4-5-7(2)6-8(3)10-9;3-1(4)2(5)6/h7-8,10H,4-6,9H2,1-3H3;(H,3,4)(H,5,6). The number of hydrogen-bond donors (Lipinski definition) is 4. The topological polar surface area (TPSA) is 113 Å². The number of carbonyl (C=O) groups is 2. The van der Waals surface area contributed by atoms with Crippen molar-refractivity contribution in [3.05, 3.63) is 0 Å². The van der Waals surface area contributed by atoms with E-state index < -0.39 is 11.9 Å². The molecule has 0 radical (unpaired) electrons. The molecule has 0 aromatic heterocycles. The molecule has 0 rings (SSSR count). The maximum absolute atomic E-state index is 9.10. The van der Waals surface area contributed by atoms with Gasteiger partial charge in [0.25, 0.3) is 0 Å². The average Bonchev–Trinajstić information content (AvgIpc) is 2.18. The van der Waals surface area contributed by atoms with Crippen LogP contribution in [0.3, 0.4) is 0 Å². The highest BCUT2D eigenvalue weighted by atomic mass is 16.4. The third kappa shape index (κ3) is 12.9. The van der Waals surface area contributed by atoms with E-state index >= 15 is 0 Å². The number of rotatable bonds is 5. The second kappa shape index (κ2) is 10.4. The smallest absolute Gasteiger partial charge is 0.414 e. The van der Waals surface area contributed by atoms with E-state index in [0.717, 1.165) is 5.92 Å². The molecule has 0 saturated heterocycles. The summed E-state index contributed by atoms with van der Waals surface area (Å²) in [5.74, 6) is 2.42. The number of hydrogen-bond acceptors (Lipinski definition) is 4. The van der Waals surface area contributed by atoms with E-state index in [4.69, 9.17) is 25.6 Å². The Morgan fingerprint density at radius 3 is 1.94 bits per heavy atom. The summed E-state index contributed by atoms with van der Waals surface area (Å²) in [7, 11) is 0. The lowest BCUT2D eigenvalue weighted by atomic mass is 9.98. The molecule has 0 aromatic rings. The maximum Gasteiger partial charge on any atom is 0.414 e. The van der Waals surface area contributed by atoms with Gasteiger partial charge in [-0.1, -0.05) is 26.7 Å². The summed E-state index contributed by atoms with van der Waals surface area (Å²) in [6, 6.07) is 0.460. The van der Waals surface area contributed by atoms with Gasteiger partial charge < -0.3 is 10.2 Å². The highest BCUT2D eigenvalue weighted by molar-refractivity contribution is 6.27. The fraction of sp³-hybridized carbons (Fsp3) is 0.800. The van der Waals surface area contributed by atoms with Crippen molar-refractivity contribution in [2.24, 2.45) is 11.8 Å². The summed E-state index contributed by atoms with van der Waals surface area (Å²) < 4.78 is 0. The van der Waals surface area contributed by atoms with Crippen molar-refractivity contribution in [1.29, 1.82) is 0 Å². The maximum atomic E-state index is 9.10. The first-order valence-electron chi connectivity index (χ1n) is 5.27. The summed E-state index contributed by atoms with van der Waals surface area (Å²) in [4.78, 5) is 18.2. The molecular formula is C10H22N2O4. The highest BCUT2D eigenvalue weighted by Gasteiger charge is 2.05. The Morgan fingerprint density at radius 2 is 1.69 bits per heavy atom. The Balaban J connectivity index is 0. The molecule has 0 spiro atoms. The van der Waals surface area contributed by atoms with Gasteiger partial charge in [0.05, 0.1) is 0 Å². The van der Waals surface area contributed by atoms with Gasteiger partial charge in [-0.25, -0.2) is 9.59 Å². The lowest BCUT2D eigenvalue weighted by Crippen LogP contribution is -2.33. The van der Waals surface area contributed by atoms with Crippen molar-refractivity contribution in [1.82, 2.24) is 5.43 Å². The zero-order valence-corrected chi connectivity index (χ0v) is 10.1. The van der Waals surface area contributed by atoms with Gasteiger partial charge in [0.15, 0.2) is 0 Å². The van der Waals surface area contributed by atoms with Gasteiger partial charge in [-0.2, -0.15) is 0 Å². The third-order valence-corrected chi connectivity index (χ3v) is 2.00. The fourth-order valence-corrected chi connectivity index (χ4v) is 1.28. The zero-order chi connectivity index (χ0) is 13.1. The predicted molar refractivity (Wildman–Crippen MR) is 60.7 cm³/mol. The molecule has 6 nitrogen and oxygen atoms in total. The van der Waals surface area contributed by atoms with Gasteiger partial charge in [-0.05, 0) is 19.3 Å². The lowest BCUT2D eigenvalue weighted by molar-refractivity contribution is -0.159. The van der Waals surface area contributed by atoms with Crippen LogP contribution in [-0.4, -0.2) is 28.2 Å². The van der Waals surface area contributed by atoms with Gasteiger partial charge in [0.1, 0.15) is 0 Å². The largest absolute Gasteiger partial charge is 0.473 e. The molecule has 96 valence electrons. The summed E-state index contributed by atoms with van der Waals surface area (Å²) in [5.41, 5.74) is 2.75. The van der Waals surface area contributed by atoms with Crippen molar-refractivity contribution in [3.8, 4) is 0 Å². The molecule has 6 heteroatoms. The van der Waals surface area contributed by atoms with Crippen LogP contribution in [0.15, 0.2) is 0 Å². The molecule has 2 atom stereocenters. The van der Waals surface area contributed by atoms with E-state index in [-0.39, 0.29) is 0 Å². The molecule has 5 N–H and O–H groups in total. The minimum absolute atomic E-state index is 0.460. The minimum Gasteiger partial charge on any atom is -0.473 e. The monoisotopic (exact) mass is 234 g/mol. The molecule has 0 aliphatic rings. The third-order valence-electron chi connectivity index (χ3n) is 2.00. The van der Waals surface area contributed by atoms with E-state index in [0.29, 0.717) is 6.04 Å². The van der Waals surface area contributed by atoms with Gasteiger partial charge >= 0.3 is 11.9 Å². The molecule has 0 aromatic carbocycles. The van der Waals surface area contributed by atoms with Gasteiger partial charge in [-0.15, -0.1) is 0 Å². The van der Waals surface area contributed by atoms with Crippen LogP contribution in [-0.2, 0) is 9.59 Å². The first kappa shape index (κ1) is 17.3. The Hall–Kier alpha value is -1.14. The van der Waals surface area contributed by atoms with Crippen molar-refractivity contribution in [2.45, 2.75) is 46.1 Å². The normalized spacial score (nSPS) is 13.2. The molecular weight excluding hydrogens is 212 g/mol. The molecule has 0 saturated carbocycles. The first-order valence-corrected chi connectivity index (χ1v) is 5.27. The lowest BCUT2D eigenvalue weighted by Gasteiger charge is -2.14. The summed E-state index contributed by atoms with van der Waals surface area (Å²) in [6.07, 6.45) is 3.77. The van der Waals surface area contributed by atoms with Gasteiger partial charge in [0.2, 0.25) is 0 Å². The number of nitrogens with two attached hydrogens (primary N) is 1. The number of aliphatic carboxylic acids is 2. The van der Waals surface area contributed by atoms with Crippen LogP contribution in [0.1, 0.15) is 40.0 Å². The van der Waals surface area contributed by atoms with Crippen LogP contribution in [0.4, 0.5) is 0 Å². The van der Waals surface area contributed by atoms with Crippen LogP contribution in [0.5, 0.6) is 0 Å². The summed E-state index contributed by atoms with van der Waals surface area (Å²) >= 11 is 0. The Bertz CT molecular complexity index is 197. The Kier molecular flexibility index (Phi) is 11.2. The minimum atomic E-state index is -1.82. The number of carboxylic acids is 2. The first-order chi connectivity index (χ1) is 7.34. The van der Waals surface area contributed by atoms with E-state index in [9.17, 15) is 0 Å². The van der Waals surface area contributed by atoms with Gasteiger partial charge in [-0.3, -0.25) is 11.3 Å². The molecule has 0 fully saturated rings. The van der Waals surface area contributed by atoms with Crippen LogP contribution < -0.4 is 11.3 Å². The van der Waals surface area contributed by atoms with Crippen molar-refractivity contribution >= 4 is 11.9 Å². The summed E-state index contributed by atoms with van der Waals surface area (Å²) in [5, 5.41) is 14.8. The second-order valence-corrected chi connectivity index (χ2v) is 3.81. The molecule has 2 unspecified atom stereocenters. The number of carboxylic acid groups (broad SMARTS) is 2. The average molecular weight is 234 g/mol. The van der Waals surface area contributed by atoms with Crippen LogP contribution in [0, 0.1) is 5.92 Å². The Labute approximate surface area is 95.8 Å². The van der Waals surface area contributed by atoms with Crippen LogP contribution >= 0.6 is 0 Å².